The van der Waals surface area contributed by atoms with Crippen LogP contribution in [0.15, 0.2) is 16.7 Å². The quantitative estimate of drug-likeness (QED) is 0.812. The second-order valence-corrected chi connectivity index (χ2v) is 4.79. The van der Waals surface area contributed by atoms with Crippen molar-refractivity contribution in [2.75, 3.05) is 18.0 Å². The smallest absolute Gasteiger partial charge is 0.143 e. The van der Waals surface area contributed by atoms with E-state index in [1.165, 1.54) is 0 Å². The van der Waals surface area contributed by atoms with Crippen LogP contribution in [0.2, 0.25) is 5.02 Å². The van der Waals surface area contributed by atoms with Crippen molar-refractivity contribution in [2.24, 2.45) is 0 Å². The van der Waals surface area contributed by atoms with Crippen molar-refractivity contribution in [2.45, 2.75) is 12.2 Å². The van der Waals surface area contributed by atoms with Gasteiger partial charge in [-0.05, 0) is 22.0 Å². The third-order valence-corrected chi connectivity index (χ3v) is 3.14. The third kappa shape index (κ3) is 2.25. The van der Waals surface area contributed by atoms with Crippen LogP contribution in [0.1, 0.15) is 0 Å². The normalized spacial score (nSPS) is 26.0. The molecule has 0 spiro atoms. The summed E-state index contributed by atoms with van der Waals surface area (Å²) in [6.45, 7) is 0.767. The summed E-state index contributed by atoms with van der Waals surface area (Å²) in [5, 5.41) is 19.4. The molecular weight excluding hydrogens is 283 g/mol. The molecule has 0 radical (unpaired) electrons. The van der Waals surface area contributed by atoms with Crippen molar-refractivity contribution in [3.05, 3.63) is 21.8 Å². The van der Waals surface area contributed by atoms with Gasteiger partial charge in [-0.25, -0.2) is 4.98 Å². The van der Waals surface area contributed by atoms with E-state index in [9.17, 15) is 10.2 Å². The minimum Gasteiger partial charge on any atom is -0.389 e. The summed E-state index contributed by atoms with van der Waals surface area (Å²) in [6, 6.07) is 1.74. The molecule has 2 heterocycles. The van der Waals surface area contributed by atoms with Gasteiger partial charge in [0.2, 0.25) is 0 Å². The number of β-amino-alcohol motifs (C(OH)–C–C–N with tert-alkyl or cyclic N) is 2. The minimum atomic E-state index is -0.714. The molecule has 1 aliphatic heterocycles. The number of aromatic nitrogens is 1. The molecular formula is C9H10BrClN2O2. The first-order valence-electron chi connectivity index (χ1n) is 4.50. The van der Waals surface area contributed by atoms with Crippen LogP contribution in [-0.4, -0.2) is 40.5 Å². The van der Waals surface area contributed by atoms with Gasteiger partial charge in [0.15, 0.2) is 0 Å². The highest BCUT2D eigenvalue weighted by Crippen LogP contribution is 2.28. The van der Waals surface area contributed by atoms with Crippen molar-refractivity contribution in [1.82, 2.24) is 4.98 Å². The number of aliphatic hydroxyl groups excluding tert-OH is 2. The highest BCUT2D eigenvalue weighted by Gasteiger charge is 2.31. The molecule has 0 saturated carbocycles. The molecule has 2 unspecified atom stereocenters. The van der Waals surface area contributed by atoms with Crippen LogP contribution in [-0.2, 0) is 0 Å². The molecule has 1 saturated heterocycles. The Labute approximate surface area is 101 Å². The molecule has 0 amide bonds. The zero-order chi connectivity index (χ0) is 11.0. The summed E-state index contributed by atoms with van der Waals surface area (Å²) in [5.41, 5.74) is 0. The van der Waals surface area contributed by atoms with Gasteiger partial charge >= 0.3 is 0 Å². The van der Waals surface area contributed by atoms with E-state index in [0.29, 0.717) is 23.9 Å². The lowest BCUT2D eigenvalue weighted by Gasteiger charge is -2.17. The lowest BCUT2D eigenvalue weighted by Crippen LogP contribution is -2.22. The van der Waals surface area contributed by atoms with Crippen LogP contribution in [0.3, 0.4) is 0 Å². The largest absolute Gasteiger partial charge is 0.389 e. The molecule has 0 bridgehead atoms. The number of hydrogen-bond acceptors (Lipinski definition) is 4. The maximum Gasteiger partial charge on any atom is 0.143 e. The lowest BCUT2D eigenvalue weighted by atomic mass is 10.3. The Kier molecular flexibility index (Phi) is 3.16. The van der Waals surface area contributed by atoms with Crippen molar-refractivity contribution >= 4 is 33.3 Å². The molecule has 6 heteroatoms. The molecule has 0 aromatic carbocycles. The Morgan fingerprint density at radius 1 is 1.40 bits per heavy atom. The lowest BCUT2D eigenvalue weighted by molar-refractivity contribution is 0.0572. The Morgan fingerprint density at radius 2 is 2.00 bits per heavy atom. The SMILES string of the molecule is OC1CN(c2ncc(Cl)cc2Br)CC1O. The summed E-state index contributed by atoms with van der Waals surface area (Å²) in [5.74, 6) is 0.690. The van der Waals surface area contributed by atoms with Crippen molar-refractivity contribution < 1.29 is 10.2 Å². The molecule has 1 aromatic heterocycles. The zero-order valence-electron chi connectivity index (χ0n) is 7.77. The van der Waals surface area contributed by atoms with Gasteiger partial charge in [-0.1, -0.05) is 11.6 Å². The fourth-order valence-electron chi connectivity index (χ4n) is 1.58. The van der Waals surface area contributed by atoms with E-state index in [0.717, 1.165) is 4.47 Å². The van der Waals surface area contributed by atoms with Gasteiger partial charge in [-0.2, -0.15) is 0 Å². The van der Waals surface area contributed by atoms with Crippen molar-refractivity contribution in [3.8, 4) is 0 Å². The summed E-state index contributed by atoms with van der Waals surface area (Å²) < 4.78 is 0.760. The first kappa shape index (κ1) is 11.1. The maximum atomic E-state index is 9.41. The standard InChI is InChI=1S/C9H10BrClN2O2/c10-6-1-5(11)2-12-9(6)13-3-7(14)8(15)4-13/h1-2,7-8,14-15H,3-4H2. The Hall–Kier alpha value is -0.360. The second kappa shape index (κ2) is 4.25. The van der Waals surface area contributed by atoms with E-state index in [1.54, 1.807) is 12.3 Å². The fourth-order valence-corrected chi connectivity index (χ4v) is 2.47. The number of hydrogen-bond donors (Lipinski definition) is 2. The predicted octanol–water partition coefficient (Wildman–Crippen LogP) is 1.04. The molecule has 1 aromatic rings. The minimum absolute atomic E-state index is 0.383. The number of pyridine rings is 1. The molecule has 15 heavy (non-hydrogen) atoms. The number of nitrogens with zero attached hydrogens (tertiary/aromatic N) is 2. The van der Waals surface area contributed by atoms with Gasteiger partial charge in [0, 0.05) is 19.3 Å². The van der Waals surface area contributed by atoms with E-state index in [1.807, 2.05) is 4.90 Å². The maximum absolute atomic E-state index is 9.41. The van der Waals surface area contributed by atoms with Crippen LogP contribution in [0.4, 0.5) is 5.82 Å². The van der Waals surface area contributed by atoms with Crippen molar-refractivity contribution in [1.29, 1.82) is 0 Å². The molecule has 82 valence electrons. The van der Waals surface area contributed by atoms with Crippen LogP contribution in [0.5, 0.6) is 0 Å². The number of anilines is 1. The average molecular weight is 294 g/mol. The third-order valence-electron chi connectivity index (χ3n) is 2.35. The van der Waals surface area contributed by atoms with E-state index in [2.05, 4.69) is 20.9 Å². The van der Waals surface area contributed by atoms with Crippen LogP contribution in [0, 0.1) is 0 Å². The Bertz CT molecular complexity index is 367. The van der Waals surface area contributed by atoms with Crippen LogP contribution in [0.25, 0.3) is 0 Å². The van der Waals surface area contributed by atoms with Gasteiger partial charge in [-0.15, -0.1) is 0 Å². The van der Waals surface area contributed by atoms with Gasteiger partial charge in [0.25, 0.3) is 0 Å². The van der Waals surface area contributed by atoms with E-state index in [4.69, 9.17) is 11.6 Å². The predicted molar refractivity (Wildman–Crippen MR) is 61.2 cm³/mol. The Morgan fingerprint density at radius 3 is 2.53 bits per heavy atom. The first-order chi connectivity index (χ1) is 7.08. The molecule has 0 aliphatic carbocycles. The Balaban J connectivity index is 2.24. The topological polar surface area (TPSA) is 56.6 Å². The molecule has 2 rings (SSSR count). The number of rotatable bonds is 1. The van der Waals surface area contributed by atoms with Gasteiger partial charge in [0.05, 0.1) is 21.7 Å². The number of aliphatic hydroxyl groups is 2. The summed E-state index contributed by atoms with van der Waals surface area (Å²) in [7, 11) is 0. The molecule has 1 aliphatic rings. The summed E-state index contributed by atoms with van der Waals surface area (Å²) in [4.78, 5) is 5.97. The monoisotopic (exact) mass is 292 g/mol. The molecule has 4 nitrogen and oxygen atoms in total. The zero-order valence-corrected chi connectivity index (χ0v) is 10.1. The molecule has 2 atom stereocenters. The fraction of sp³-hybridized carbons (Fsp3) is 0.444. The van der Waals surface area contributed by atoms with E-state index in [-0.39, 0.29) is 0 Å². The molecule has 2 N–H and O–H groups in total. The van der Waals surface area contributed by atoms with Gasteiger partial charge < -0.3 is 15.1 Å². The highest BCUT2D eigenvalue weighted by atomic mass is 79.9. The first-order valence-corrected chi connectivity index (χ1v) is 5.67. The van der Waals surface area contributed by atoms with E-state index < -0.39 is 12.2 Å². The van der Waals surface area contributed by atoms with Crippen LogP contribution < -0.4 is 4.90 Å². The average Bonchev–Trinajstić information content (AvgIpc) is 2.46. The van der Waals surface area contributed by atoms with Crippen molar-refractivity contribution in [3.63, 3.8) is 0 Å². The van der Waals surface area contributed by atoms with Crippen LogP contribution >= 0.6 is 27.5 Å². The highest BCUT2D eigenvalue weighted by molar-refractivity contribution is 9.10. The second-order valence-electron chi connectivity index (χ2n) is 3.50. The summed E-state index contributed by atoms with van der Waals surface area (Å²) >= 11 is 9.12. The van der Waals surface area contributed by atoms with E-state index >= 15 is 0 Å². The summed E-state index contributed by atoms with van der Waals surface area (Å²) in [6.07, 6.45) is 0.113. The van der Waals surface area contributed by atoms with Gasteiger partial charge in [0.1, 0.15) is 5.82 Å². The van der Waals surface area contributed by atoms with Gasteiger partial charge in [-0.3, -0.25) is 0 Å². The molecule has 1 fully saturated rings. The number of halogens is 2.